The summed E-state index contributed by atoms with van der Waals surface area (Å²) in [6, 6.07) is 28.2. The molecule has 0 radical (unpaired) electrons. The molecule has 1 aliphatic rings. The molecule has 1 N–H and O–H groups in total. The van der Waals surface area contributed by atoms with E-state index < -0.39 is 75.2 Å². The van der Waals surface area contributed by atoms with Gasteiger partial charge >= 0.3 is 25.9 Å². The number of nitrogens with one attached hydrogen (secondary N) is 1. The number of amides is 1. The summed E-state index contributed by atoms with van der Waals surface area (Å²) in [6.07, 6.45) is -8.80. The van der Waals surface area contributed by atoms with Crippen LogP contribution in [0.2, 0.25) is 0 Å². The van der Waals surface area contributed by atoms with E-state index in [1.54, 1.807) is 72.8 Å². The highest BCUT2D eigenvalue weighted by molar-refractivity contribution is 7.48. The zero-order chi connectivity index (χ0) is 44.8. The number of nitrogens with zero attached hydrogens (tertiary/aromatic N) is 8. The number of anilines is 1. The largest absolute Gasteiger partial charge is 0.550 e. The fourth-order valence-electron chi connectivity index (χ4n) is 6.45. The molecule has 64 heavy (non-hydrogen) atoms. The third-order valence-corrected chi connectivity index (χ3v) is 10.8. The Balaban J connectivity index is 1.16. The lowest BCUT2D eigenvalue weighted by molar-refractivity contribution is -0.137. The summed E-state index contributed by atoms with van der Waals surface area (Å²) in [5, 5.41) is 19.3. The highest BCUT2D eigenvalue weighted by Gasteiger charge is 2.52. The molecule has 23 heteroatoms. The average molecular weight is 898 g/mol. The van der Waals surface area contributed by atoms with Crippen LogP contribution in [0, 0.1) is 11.3 Å². The van der Waals surface area contributed by atoms with Gasteiger partial charge in [0, 0.05) is 5.56 Å². The molecule has 1 saturated heterocycles. The fraction of sp³-hybridized carbons (Fsp3) is 0.195. The molecule has 8 rings (SSSR count). The van der Waals surface area contributed by atoms with Gasteiger partial charge in [0.15, 0.2) is 35.4 Å². The quantitative estimate of drug-likeness (QED) is 0.0668. The van der Waals surface area contributed by atoms with E-state index in [1.165, 1.54) is 35.2 Å². The molecule has 4 heterocycles. The number of hydrogen-bond donors (Lipinski definition) is 1. The molecule has 0 spiro atoms. The number of carbonyl (C=O) groups excluding carboxylic acids is 3. The maximum absolute atomic E-state index is 14.3. The second kappa shape index (κ2) is 18.4. The van der Waals surface area contributed by atoms with Crippen molar-refractivity contribution in [3.05, 3.63) is 144 Å². The number of fused-ring (bicyclic) bond motifs is 2. The number of benzene rings is 4. The lowest BCUT2D eigenvalue weighted by atomic mass is 10.1. The number of alkyl halides is 3. The molecule has 1 amide bonds. The number of carbonyl (C=O) groups is 3. The van der Waals surface area contributed by atoms with Crippen LogP contribution in [-0.2, 0) is 34.0 Å². The molecule has 7 aromatic rings. The summed E-state index contributed by atoms with van der Waals surface area (Å²) in [5.41, 5.74) is -0.876. The number of phosphoric ester groups is 1. The number of nitriles is 1. The van der Waals surface area contributed by atoms with E-state index in [4.69, 9.17) is 27.9 Å². The van der Waals surface area contributed by atoms with Crippen LogP contribution in [0.25, 0.3) is 22.2 Å². The molecule has 0 aliphatic carbocycles. The number of halogens is 3. The van der Waals surface area contributed by atoms with Crippen LogP contribution in [-0.4, -0.2) is 84.0 Å². The summed E-state index contributed by atoms with van der Waals surface area (Å²) in [4.78, 5) is 54.1. The predicted molar refractivity (Wildman–Crippen MR) is 214 cm³/mol. The van der Waals surface area contributed by atoms with Crippen molar-refractivity contribution in [1.29, 1.82) is 5.26 Å². The molecular formula is C41H31F3N9O10P. The van der Waals surface area contributed by atoms with Gasteiger partial charge in [-0.25, -0.2) is 29.1 Å². The van der Waals surface area contributed by atoms with Gasteiger partial charge in [0.05, 0.1) is 48.7 Å². The topological polar surface area (TPSA) is 234 Å². The van der Waals surface area contributed by atoms with Gasteiger partial charge in [0.25, 0.3) is 5.91 Å². The molecule has 1 fully saturated rings. The van der Waals surface area contributed by atoms with Gasteiger partial charge in [-0.1, -0.05) is 59.4 Å². The third-order valence-electron chi connectivity index (χ3n) is 9.47. The Hall–Kier alpha value is -7.57. The number of imidazole rings is 1. The second-order valence-corrected chi connectivity index (χ2v) is 15.2. The van der Waals surface area contributed by atoms with Crippen LogP contribution in [0.4, 0.5) is 19.0 Å². The minimum atomic E-state index is -5.01. The predicted octanol–water partition coefficient (Wildman–Crippen LogP) is 6.37. The van der Waals surface area contributed by atoms with Crippen LogP contribution < -0.4 is 9.94 Å². The average Bonchev–Trinajstić information content (AvgIpc) is 4.01. The Morgan fingerprint density at radius 1 is 0.828 bits per heavy atom. The van der Waals surface area contributed by atoms with E-state index >= 15 is 0 Å². The molecule has 326 valence electrons. The van der Waals surface area contributed by atoms with Gasteiger partial charge in [-0.3, -0.25) is 23.0 Å². The second-order valence-electron chi connectivity index (χ2n) is 13.6. The number of hydrogen-bond acceptors (Lipinski definition) is 16. The first-order valence-electron chi connectivity index (χ1n) is 19.0. The van der Waals surface area contributed by atoms with Crippen LogP contribution in [0.1, 0.15) is 49.3 Å². The van der Waals surface area contributed by atoms with E-state index in [2.05, 4.69) is 30.6 Å². The van der Waals surface area contributed by atoms with E-state index in [1.807, 2.05) is 0 Å². The Morgan fingerprint density at radius 3 is 2.11 bits per heavy atom. The van der Waals surface area contributed by atoms with Gasteiger partial charge in [0.2, 0.25) is 0 Å². The van der Waals surface area contributed by atoms with Crippen molar-refractivity contribution in [1.82, 2.24) is 34.7 Å². The minimum absolute atomic E-state index is 0.0102. The standard InChI is InChI=1S/C41H31F3N9O10P/c42-41(43,44)28-17-18-29-30(21-28)53(51-50-29)63-64(57,58-20-10-19-45)59-22-31-33(61-39(55)26-13-6-2-7-14-26)34(62-40(56)27-15-8-3-9-16-27)38(60-31)52-24-48-32-35(46-23-47-36(32)52)49-37(54)25-11-4-1-5-12-25/h1-9,11-18,21,23-24,31,33-34,38H,10,20,22H2,(H,46,47,49,54)/t31-,33-,34-,38-,64?/m1/s1. The lowest BCUT2D eigenvalue weighted by Crippen LogP contribution is -2.41. The third kappa shape index (κ3) is 9.42. The van der Waals surface area contributed by atoms with E-state index in [0.717, 1.165) is 18.5 Å². The Labute approximate surface area is 358 Å². The number of ether oxygens (including phenoxy) is 3. The molecule has 1 aliphatic heterocycles. The van der Waals surface area contributed by atoms with Crippen molar-refractivity contribution in [3.8, 4) is 6.07 Å². The van der Waals surface area contributed by atoms with Gasteiger partial charge in [0.1, 0.15) is 23.5 Å². The molecule has 3 aromatic heterocycles. The lowest BCUT2D eigenvalue weighted by Gasteiger charge is -2.25. The first-order chi connectivity index (χ1) is 30.9. The van der Waals surface area contributed by atoms with Gasteiger partial charge in [-0.05, 0) is 59.8 Å². The van der Waals surface area contributed by atoms with Gasteiger partial charge in [-0.15, -0.1) is 5.10 Å². The zero-order valence-corrected chi connectivity index (χ0v) is 33.6. The monoisotopic (exact) mass is 897 g/mol. The summed E-state index contributed by atoms with van der Waals surface area (Å²) in [7, 11) is -5.01. The first kappa shape index (κ1) is 43.1. The van der Waals surface area contributed by atoms with E-state index in [-0.39, 0.29) is 45.6 Å². The smallest absolute Gasteiger partial charge is 0.452 e. The Bertz CT molecular complexity index is 2900. The van der Waals surface area contributed by atoms with Crippen LogP contribution in [0.5, 0.6) is 0 Å². The Morgan fingerprint density at radius 2 is 1.47 bits per heavy atom. The van der Waals surface area contributed by atoms with Crippen LogP contribution in [0.15, 0.2) is 122 Å². The summed E-state index contributed by atoms with van der Waals surface area (Å²) in [6.45, 7) is -1.39. The van der Waals surface area contributed by atoms with Crippen molar-refractivity contribution in [3.63, 3.8) is 0 Å². The molecule has 1 unspecified atom stereocenters. The first-order valence-corrected chi connectivity index (χ1v) is 20.5. The maximum atomic E-state index is 14.3. The van der Waals surface area contributed by atoms with Crippen LogP contribution >= 0.6 is 7.82 Å². The van der Waals surface area contributed by atoms with Gasteiger partial charge < -0.3 is 19.5 Å². The highest BCUT2D eigenvalue weighted by atomic mass is 31.2. The van der Waals surface area contributed by atoms with E-state index in [0.29, 0.717) is 16.5 Å². The molecule has 4 aromatic carbocycles. The molecular weight excluding hydrogens is 866 g/mol. The Kier molecular flexibility index (Phi) is 12.4. The molecule has 19 nitrogen and oxygen atoms in total. The minimum Gasteiger partial charge on any atom is -0.452 e. The van der Waals surface area contributed by atoms with Crippen molar-refractivity contribution >= 4 is 53.7 Å². The normalized spacial score (nSPS) is 18.2. The summed E-state index contributed by atoms with van der Waals surface area (Å²) in [5.74, 6) is -2.27. The SMILES string of the molecule is N#CCCOP(=O)(OC[C@H]1O[C@@H](n2cnc3c(NC(=O)c4ccccc4)ncnc32)[C@H](OC(=O)c2ccccc2)[C@@H]1OC(=O)c1ccccc1)On1nnc2ccc(C(F)(F)F)cc21. The molecule has 5 atom stereocenters. The van der Waals surface area contributed by atoms with Crippen molar-refractivity contribution in [2.75, 3.05) is 18.5 Å². The number of aromatic nitrogens is 7. The highest BCUT2D eigenvalue weighted by Crippen LogP contribution is 2.48. The summed E-state index contributed by atoms with van der Waals surface area (Å²) < 4.78 is 91.7. The van der Waals surface area contributed by atoms with Crippen molar-refractivity contribution < 1.29 is 60.0 Å². The van der Waals surface area contributed by atoms with E-state index in [9.17, 15) is 37.4 Å². The zero-order valence-electron chi connectivity index (χ0n) is 32.7. The summed E-state index contributed by atoms with van der Waals surface area (Å²) >= 11 is 0. The number of esters is 2. The maximum Gasteiger partial charge on any atom is 0.550 e. The number of rotatable bonds is 15. The van der Waals surface area contributed by atoms with Crippen molar-refractivity contribution in [2.24, 2.45) is 0 Å². The molecule has 0 saturated carbocycles. The number of phosphoric acid groups is 1. The van der Waals surface area contributed by atoms with Crippen LogP contribution in [0.3, 0.4) is 0 Å². The van der Waals surface area contributed by atoms with Gasteiger partial charge in [-0.2, -0.15) is 18.4 Å². The fourth-order valence-corrected chi connectivity index (χ4v) is 7.57. The van der Waals surface area contributed by atoms with Crippen molar-refractivity contribution in [2.45, 2.75) is 37.1 Å². The molecule has 0 bridgehead atoms.